The molecule has 1 aromatic rings. The highest BCUT2D eigenvalue weighted by Gasteiger charge is 2.33. The van der Waals surface area contributed by atoms with Gasteiger partial charge in [0.15, 0.2) is 14.9 Å². The first-order valence-electron chi connectivity index (χ1n) is 8.52. The standard InChI is InChI=1S/C17H27N3O3S2/c1-19(2)10-4-11-20(15-9-12-25(21,22)13-15)17(24)18-14-5-7-16(23-3)8-6-14/h5-8,15H,4,9-13H2,1-3H3,(H,18,24)/p+1/t15-/m1/s1. The van der Waals surface area contributed by atoms with E-state index in [2.05, 4.69) is 19.4 Å². The highest BCUT2D eigenvalue weighted by molar-refractivity contribution is 7.91. The first-order valence-corrected chi connectivity index (χ1v) is 10.7. The Morgan fingerprint density at radius 3 is 2.56 bits per heavy atom. The number of methoxy groups -OCH3 is 1. The third-order valence-corrected chi connectivity index (χ3v) is 6.41. The molecule has 25 heavy (non-hydrogen) atoms. The predicted octanol–water partition coefficient (Wildman–Crippen LogP) is 0.416. The van der Waals surface area contributed by atoms with Crippen LogP contribution < -0.4 is 15.0 Å². The second kappa shape index (κ2) is 8.82. The van der Waals surface area contributed by atoms with Gasteiger partial charge in [-0.15, -0.1) is 0 Å². The Hall–Kier alpha value is -1.38. The molecular weight excluding hydrogens is 358 g/mol. The van der Waals surface area contributed by atoms with Gasteiger partial charge in [-0.1, -0.05) is 0 Å². The van der Waals surface area contributed by atoms with Gasteiger partial charge in [-0.3, -0.25) is 0 Å². The smallest absolute Gasteiger partial charge is 0.173 e. The summed E-state index contributed by atoms with van der Waals surface area (Å²) in [5.74, 6) is 1.22. The molecule has 1 aliphatic rings. The van der Waals surface area contributed by atoms with Crippen LogP contribution in [-0.4, -0.2) is 70.3 Å². The quantitative estimate of drug-likeness (QED) is 0.662. The topological polar surface area (TPSA) is 63.1 Å². The van der Waals surface area contributed by atoms with E-state index >= 15 is 0 Å². The van der Waals surface area contributed by atoms with Crippen molar-refractivity contribution in [2.75, 3.05) is 51.1 Å². The van der Waals surface area contributed by atoms with Crippen LogP contribution in [0.3, 0.4) is 0 Å². The molecule has 0 spiro atoms. The van der Waals surface area contributed by atoms with Gasteiger partial charge in [0.25, 0.3) is 0 Å². The Balaban J connectivity index is 2.05. The van der Waals surface area contributed by atoms with Crippen molar-refractivity contribution in [2.24, 2.45) is 0 Å². The van der Waals surface area contributed by atoms with Crippen LogP contribution in [0.25, 0.3) is 0 Å². The average molecular weight is 387 g/mol. The molecule has 1 fully saturated rings. The summed E-state index contributed by atoms with van der Waals surface area (Å²) < 4.78 is 28.9. The second-order valence-corrected chi connectivity index (χ2v) is 9.33. The SMILES string of the molecule is COc1ccc(NC(=S)N(CCC[NH+](C)C)[C@@H]2CCS(=O)(=O)C2)cc1. The molecule has 0 bridgehead atoms. The number of thiocarbonyl (C=S) groups is 1. The summed E-state index contributed by atoms with van der Waals surface area (Å²) in [5, 5.41) is 3.82. The van der Waals surface area contributed by atoms with Crippen molar-refractivity contribution >= 4 is 32.9 Å². The van der Waals surface area contributed by atoms with E-state index in [0.29, 0.717) is 11.5 Å². The van der Waals surface area contributed by atoms with E-state index in [0.717, 1.165) is 30.9 Å². The zero-order valence-corrected chi connectivity index (χ0v) is 16.8. The molecule has 1 aliphatic heterocycles. The van der Waals surface area contributed by atoms with Crippen molar-refractivity contribution in [3.05, 3.63) is 24.3 Å². The summed E-state index contributed by atoms with van der Waals surface area (Å²) in [4.78, 5) is 3.42. The molecular formula is C17H28N3O3S2+. The lowest BCUT2D eigenvalue weighted by Gasteiger charge is -2.31. The molecule has 0 unspecified atom stereocenters. The maximum absolute atomic E-state index is 11.9. The van der Waals surface area contributed by atoms with Gasteiger partial charge >= 0.3 is 0 Å². The third-order valence-electron chi connectivity index (χ3n) is 4.33. The summed E-state index contributed by atoms with van der Waals surface area (Å²) >= 11 is 5.59. The van der Waals surface area contributed by atoms with E-state index in [9.17, 15) is 8.42 Å². The zero-order valence-electron chi connectivity index (χ0n) is 15.1. The Morgan fingerprint density at radius 1 is 1.36 bits per heavy atom. The van der Waals surface area contributed by atoms with E-state index in [1.807, 2.05) is 29.2 Å². The van der Waals surface area contributed by atoms with Gasteiger partial charge in [0, 0.05) is 24.7 Å². The molecule has 0 aromatic heterocycles. The van der Waals surface area contributed by atoms with Gasteiger partial charge in [0.2, 0.25) is 0 Å². The number of hydrogen-bond donors (Lipinski definition) is 2. The highest BCUT2D eigenvalue weighted by atomic mass is 32.2. The summed E-state index contributed by atoms with van der Waals surface area (Å²) in [6.07, 6.45) is 1.60. The number of ether oxygens (including phenoxy) is 1. The molecule has 1 atom stereocenters. The van der Waals surface area contributed by atoms with Crippen LogP contribution in [0, 0.1) is 0 Å². The molecule has 8 heteroatoms. The van der Waals surface area contributed by atoms with Crippen molar-refractivity contribution in [1.29, 1.82) is 0 Å². The molecule has 2 N–H and O–H groups in total. The molecule has 0 amide bonds. The van der Waals surface area contributed by atoms with Crippen molar-refractivity contribution in [2.45, 2.75) is 18.9 Å². The van der Waals surface area contributed by atoms with Crippen molar-refractivity contribution in [1.82, 2.24) is 4.90 Å². The van der Waals surface area contributed by atoms with Gasteiger partial charge in [-0.05, 0) is 42.9 Å². The van der Waals surface area contributed by atoms with Crippen LogP contribution in [0.5, 0.6) is 5.75 Å². The monoisotopic (exact) mass is 386 g/mol. The first kappa shape index (κ1) is 19.9. The van der Waals surface area contributed by atoms with E-state index in [1.54, 1.807) is 7.11 Å². The number of anilines is 1. The lowest BCUT2D eigenvalue weighted by Crippen LogP contribution is -3.05. The minimum atomic E-state index is -2.95. The second-order valence-electron chi connectivity index (χ2n) is 6.72. The Bertz CT molecular complexity index is 675. The van der Waals surface area contributed by atoms with Crippen LogP contribution in [0.1, 0.15) is 12.8 Å². The van der Waals surface area contributed by atoms with Crippen LogP contribution in [0.15, 0.2) is 24.3 Å². The molecule has 140 valence electrons. The number of sulfone groups is 1. The van der Waals surface area contributed by atoms with E-state index in [-0.39, 0.29) is 17.5 Å². The number of quaternary nitrogens is 1. The maximum Gasteiger partial charge on any atom is 0.173 e. The van der Waals surface area contributed by atoms with Crippen molar-refractivity contribution in [3.63, 3.8) is 0 Å². The molecule has 2 rings (SSSR count). The molecule has 6 nitrogen and oxygen atoms in total. The van der Waals surface area contributed by atoms with Crippen molar-refractivity contribution in [3.8, 4) is 5.75 Å². The molecule has 0 saturated carbocycles. The highest BCUT2D eigenvalue weighted by Crippen LogP contribution is 2.20. The lowest BCUT2D eigenvalue weighted by atomic mass is 10.2. The fraction of sp³-hybridized carbons (Fsp3) is 0.588. The van der Waals surface area contributed by atoms with Gasteiger partial charge in [0.05, 0.1) is 39.3 Å². The summed E-state index contributed by atoms with van der Waals surface area (Å²) in [6, 6.07) is 7.49. The van der Waals surface area contributed by atoms with Crippen molar-refractivity contribution < 1.29 is 18.1 Å². The Morgan fingerprint density at radius 2 is 2.04 bits per heavy atom. The van der Waals surface area contributed by atoms with Crippen LogP contribution in [0.2, 0.25) is 0 Å². The van der Waals surface area contributed by atoms with E-state index in [1.165, 1.54) is 4.90 Å². The Labute approximate surface area is 156 Å². The molecule has 1 saturated heterocycles. The predicted molar refractivity (Wildman–Crippen MR) is 105 cm³/mol. The van der Waals surface area contributed by atoms with Crippen LogP contribution >= 0.6 is 12.2 Å². The largest absolute Gasteiger partial charge is 0.497 e. The fourth-order valence-corrected chi connectivity index (χ4v) is 5.03. The van der Waals surface area contributed by atoms with Gasteiger partial charge < -0.3 is 19.9 Å². The normalized spacial score (nSPS) is 19.0. The van der Waals surface area contributed by atoms with Crippen LogP contribution in [0.4, 0.5) is 5.69 Å². The molecule has 0 aliphatic carbocycles. The lowest BCUT2D eigenvalue weighted by molar-refractivity contribution is -0.858. The molecule has 0 radical (unpaired) electrons. The zero-order chi connectivity index (χ0) is 18.4. The molecule has 1 aromatic carbocycles. The number of benzene rings is 1. The van der Waals surface area contributed by atoms with Crippen LogP contribution in [-0.2, 0) is 9.84 Å². The summed E-state index contributed by atoms with van der Waals surface area (Å²) in [6.45, 7) is 1.77. The van der Waals surface area contributed by atoms with E-state index < -0.39 is 9.84 Å². The van der Waals surface area contributed by atoms with Gasteiger partial charge in [-0.25, -0.2) is 8.42 Å². The minimum absolute atomic E-state index is 0.0413. The minimum Gasteiger partial charge on any atom is -0.497 e. The number of nitrogens with zero attached hydrogens (tertiary/aromatic N) is 1. The fourth-order valence-electron chi connectivity index (χ4n) is 2.94. The Kier molecular flexibility index (Phi) is 7.04. The summed E-state index contributed by atoms with van der Waals surface area (Å²) in [7, 11) is 2.90. The number of nitrogens with one attached hydrogen (secondary N) is 2. The van der Waals surface area contributed by atoms with E-state index in [4.69, 9.17) is 17.0 Å². The third kappa shape index (κ3) is 6.13. The number of rotatable bonds is 7. The summed E-state index contributed by atoms with van der Waals surface area (Å²) in [5.41, 5.74) is 0.870. The van der Waals surface area contributed by atoms with Gasteiger partial charge in [-0.2, -0.15) is 0 Å². The average Bonchev–Trinajstić information content (AvgIpc) is 2.91. The maximum atomic E-state index is 11.9. The number of hydrogen-bond acceptors (Lipinski definition) is 4. The molecule has 1 heterocycles. The van der Waals surface area contributed by atoms with Gasteiger partial charge in [0.1, 0.15) is 5.75 Å². The first-order chi connectivity index (χ1) is 11.8.